The van der Waals surface area contributed by atoms with Crippen LogP contribution in [-0.4, -0.2) is 16.1 Å². The van der Waals surface area contributed by atoms with E-state index in [4.69, 9.17) is 0 Å². The van der Waals surface area contributed by atoms with Crippen molar-refractivity contribution in [3.8, 4) is 11.3 Å². The molecule has 1 amide bonds. The molecule has 3 rings (SSSR count). The predicted octanol–water partition coefficient (Wildman–Crippen LogP) is 3.96. The molecular formula is C20H21N3O. The van der Waals surface area contributed by atoms with Crippen molar-refractivity contribution in [2.75, 3.05) is 0 Å². The minimum absolute atomic E-state index is 0.0711. The Labute approximate surface area is 141 Å². The minimum Gasteiger partial charge on any atom is -0.348 e. The van der Waals surface area contributed by atoms with Gasteiger partial charge in [-0.25, -0.2) is 0 Å². The summed E-state index contributed by atoms with van der Waals surface area (Å²) in [6.45, 7) is 2.59. The molecular weight excluding hydrogens is 298 g/mol. The van der Waals surface area contributed by atoms with Crippen LogP contribution in [0.2, 0.25) is 0 Å². The second-order valence-corrected chi connectivity index (χ2v) is 5.77. The summed E-state index contributed by atoms with van der Waals surface area (Å²) >= 11 is 0. The van der Waals surface area contributed by atoms with Gasteiger partial charge in [-0.15, -0.1) is 0 Å². The van der Waals surface area contributed by atoms with E-state index >= 15 is 0 Å². The molecule has 1 heterocycles. The summed E-state index contributed by atoms with van der Waals surface area (Å²) in [6.07, 6.45) is 3.90. The summed E-state index contributed by atoms with van der Waals surface area (Å²) in [6, 6.07) is 17.8. The van der Waals surface area contributed by atoms with Crippen LogP contribution in [0, 0.1) is 0 Å². The number of H-pyrrole nitrogens is 1. The van der Waals surface area contributed by atoms with Gasteiger partial charge in [-0.05, 0) is 29.7 Å². The van der Waals surface area contributed by atoms with Crippen molar-refractivity contribution < 1.29 is 4.79 Å². The van der Waals surface area contributed by atoms with Gasteiger partial charge in [-0.3, -0.25) is 9.89 Å². The number of aromatic nitrogens is 2. The van der Waals surface area contributed by atoms with Crippen molar-refractivity contribution in [1.29, 1.82) is 0 Å². The van der Waals surface area contributed by atoms with Gasteiger partial charge in [0, 0.05) is 17.7 Å². The fourth-order valence-electron chi connectivity index (χ4n) is 2.69. The average molecular weight is 319 g/mol. The van der Waals surface area contributed by atoms with E-state index in [9.17, 15) is 4.79 Å². The molecule has 0 radical (unpaired) electrons. The Morgan fingerprint density at radius 3 is 2.54 bits per heavy atom. The van der Waals surface area contributed by atoms with Crippen molar-refractivity contribution >= 4 is 5.91 Å². The number of nitrogens with zero attached hydrogens (tertiary/aromatic N) is 1. The Balaban J connectivity index is 1.66. The fourth-order valence-corrected chi connectivity index (χ4v) is 2.69. The molecule has 1 aromatic heterocycles. The molecule has 0 fully saturated rings. The van der Waals surface area contributed by atoms with Gasteiger partial charge >= 0.3 is 0 Å². The molecule has 4 nitrogen and oxygen atoms in total. The van der Waals surface area contributed by atoms with E-state index in [-0.39, 0.29) is 5.91 Å². The van der Waals surface area contributed by atoms with Crippen molar-refractivity contribution in [2.45, 2.75) is 26.3 Å². The maximum absolute atomic E-state index is 12.3. The van der Waals surface area contributed by atoms with E-state index in [1.54, 1.807) is 6.20 Å². The van der Waals surface area contributed by atoms with Crippen molar-refractivity contribution in [3.05, 3.63) is 77.5 Å². The molecule has 24 heavy (non-hydrogen) atoms. The number of carbonyl (C=O) groups excluding carboxylic acids is 1. The molecule has 0 aliphatic rings. The zero-order valence-corrected chi connectivity index (χ0v) is 13.8. The number of amides is 1. The van der Waals surface area contributed by atoms with Gasteiger partial charge in [-0.1, -0.05) is 55.8 Å². The lowest BCUT2D eigenvalue weighted by molar-refractivity contribution is 0.0951. The molecule has 122 valence electrons. The molecule has 0 saturated carbocycles. The molecule has 4 heteroatoms. The Morgan fingerprint density at radius 2 is 1.83 bits per heavy atom. The lowest BCUT2D eigenvalue weighted by atomic mass is 10.1. The van der Waals surface area contributed by atoms with Gasteiger partial charge in [0.1, 0.15) is 0 Å². The first-order valence-electron chi connectivity index (χ1n) is 8.22. The van der Waals surface area contributed by atoms with Gasteiger partial charge in [-0.2, -0.15) is 5.10 Å². The van der Waals surface area contributed by atoms with Gasteiger partial charge in [0.25, 0.3) is 5.91 Å². The Kier molecular flexibility index (Phi) is 5.06. The Morgan fingerprint density at radius 1 is 1.08 bits per heavy atom. The molecule has 2 N–H and O–H groups in total. The summed E-state index contributed by atoms with van der Waals surface area (Å²) < 4.78 is 0. The smallest absolute Gasteiger partial charge is 0.251 e. The third kappa shape index (κ3) is 3.71. The zero-order valence-electron chi connectivity index (χ0n) is 13.8. The van der Waals surface area contributed by atoms with Gasteiger partial charge in [0.15, 0.2) is 0 Å². The first-order chi connectivity index (χ1) is 11.8. The summed E-state index contributed by atoms with van der Waals surface area (Å²) in [5.74, 6) is -0.0711. The maximum Gasteiger partial charge on any atom is 0.251 e. The number of rotatable bonds is 6. The molecule has 0 saturated heterocycles. The van der Waals surface area contributed by atoms with Crippen LogP contribution in [0.25, 0.3) is 11.3 Å². The highest BCUT2D eigenvalue weighted by Crippen LogP contribution is 2.20. The summed E-state index contributed by atoms with van der Waals surface area (Å²) in [7, 11) is 0. The molecule has 2 aromatic carbocycles. The number of aromatic amines is 1. The Hall–Kier alpha value is -2.88. The number of aryl methyl sites for hydroxylation is 1. The number of hydrogen-bond donors (Lipinski definition) is 2. The highest BCUT2D eigenvalue weighted by Gasteiger charge is 2.10. The molecule has 0 bridgehead atoms. The van der Waals surface area contributed by atoms with Gasteiger partial charge in [0.05, 0.1) is 11.9 Å². The lowest BCUT2D eigenvalue weighted by Crippen LogP contribution is -2.22. The predicted molar refractivity (Wildman–Crippen MR) is 95.6 cm³/mol. The number of nitrogens with one attached hydrogen (secondary N) is 2. The highest BCUT2D eigenvalue weighted by atomic mass is 16.1. The first-order valence-corrected chi connectivity index (χ1v) is 8.22. The highest BCUT2D eigenvalue weighted by molar-refractivity contribution is 5.94. The van der Waals surface area contributed by atoms with E-state index in [2.05, 4.69) is 22.4 Å². The van der Waals surface area contributed by atoms with Crippen LogP contribution in [0.3, 0.4) is 0 Å². The van der Waals surface area contributed by atoms with Crippen molar-refractivity contribution in [2.24, 2.45) is 0 Å². The van der Waals surface area contributed by atoms with Gasteiger partial charge in [0.2, 0.25) is 0 Å². The third-order valence-corrected chi connectivity index (χ3v) is 3.97. The van der Waals surface area contributed by atoms with E-state index in [1.165, 1.54) is 5.56 Å². The van der Waals surface area contributed by atoms with Gasteiger partial charge < -0.3 is 5.32 Å². The minimum atomic E-state index is -0.0711. The molecule has 0 atom stereocenters. The Bertz CT molecular complexity index is 791. The summed E-state index contributed by atoms with van der Waals surface area (Å²) in [5.41, 5.74) is 4.91. The third-order valence-electron chi connectivity index (χ3n) is 3.97. The topological polar surface area (TPSA) is 57.8 Å². The van der Waals surface area contributed by atoms with Crippen LogP contribution in [0.4, 0.5) is 0 Å². The number of carbonyl (C=O) groups is 1. The number of benzene rings is 2. The molecule has 0 spiro atoms. The van der Waals surface area contributed by atoms with E-state index in [1.807, 2.05) is 54.6 Å². The molecule has 0 aliphatic heterocycles. The summed E-state index contributed by atoms with van der Waals surface area (Å²) in [5, 5.41) is 10.1. The largest absolute Gasteiger partial charge is 0.348 e. The molecule has 0 unspecified atom stereocenters. The van der Waals surface area contributed by atoms with Crippen molar-refractivity contribution in [3.63, 3.8) is 0 Å². The maximum atomic E-state index is 12.3. The van der Waals surface area contributed by atoms with Crippen LogP contribution in [0.15, 0.2) is 60.8 Å². The van der Waals surface area contributed by atoms with Crippen LogP contribution >= 0.6 is 0 Å². The first kappa shape index (κ1) is 16.0. The van der Waals surface area contributed by atoms with Crippen LogP contribution in [0.1, 0.15) is 34.8 Å². The van der Waals surface area contributed by atoms with Crippen LogP contribution in [0.5, 0.6) is 0 Å². The quantitative estimate of drug-likeness (QED) is 0.722. The monoisotopic (exact) mass is 319 g/mol. The normalized spacial score (nSPS) is 10.5. The second kappa shape index (κ2) is 7.59. The summed E-state index contributed by atoms with van der Waals surface area (Å²) in [4.78, 5) is 12.3. The van der Waals surface area contributed by atoms with Crippen molar-refractivity contribution in [1.82, 2.24) is 15.5 Å². The fraction of sp³-hybridized carbons (Fsp3) is 0.200. The average Bonchev–Trinajstić information content (AvgIpc) is 3.10. The van der Waals surface area contributed by atoms with Crippen LogP contribution < -0.4 is 5.32 Å². The standard InChI is InChI=1S/C20H21N3O/c1-2-6-15-9-11-17(12-10-15)20(24)21-13-18-14-22-23-19(18)16-7-4-3-5-8-16/h3-5,7-12,14H,2,6,13H2,1H3,(H,21,24)(H,22,23). The van der Waals surface area contributed by atoms with E-state index in [0.717, 1.165) is 29.7 Å². The molecule has 3 aromatic rings. The van der Waals surface area contributed by atoms with Crippen LogP contribution in [-0.2, 0) is 13.0 Å². The second-order valence-electron chi connectivity index (χ2n) is 5.77. The zero-order chi connectivity index (χ0) is 16.8. The lowest BCUT2D eigenvalue weighted by Gasteiger charge is -2.07. The molecule has 0 aliphatic carbocycles. The number of hydrogen-bond acceptors (Lipinski definition) is 2. The van der Waals surface area contributed by atoms with E-state index < -0.39 is 0 Å². The SMILES string of the molecule is CCCc1ccc(C(=O)NCc2cn[nH]c2-c2ccccc2)cc1. The van der Waals surface area contributed by atoms with E-state index in [0.29, 0.717) is 12.1 Å².